The van der Waals surface area contributed by atoms with Crippen molar-refractivity contribution in [2.45, 2.75) is 31.8 Å². The van der Waals surface area contributed by atoms with Crippen LogP contribution in [0.4, 0.5) is 0 Å². The third-order valence-corrected chi connectivity index (χ3v) is 2.78. The van der Waals surface area contributed by atoms with Crippen LogP contribution < -0.4 is 4.74 Å². The van der Waals surface area contributed by atoms with Crippen molar-refractivity contribution in [3.63, 3.8) is 0 Å². The lowest BCUT2D eigenvalue weighted by molar-refractivity contribution is -0.136. The molecule has 1 aliphatic rings. The lowest BCUT2D eigenvalue weighted by atomic mass is 10.1. The average molecular weight is 232 g/mol. The number of allylic oxidation sites excluding steroid dienone is 1. The first kappa shape index (κ1) is 11.7. The molecule has 3 heteroatoms. The minimum Gasteiger partial charge on any atom is -0.486 e. The molecular formula is C14H16O3. The summed E-state index contributed by atoms with van der Waals surface area (Å²) in [5.74, 6) is -0.00966. The summed E-state index contributed by atoms with van der Waals surface area (Å²) >= 11 is 0. The van der Waals surface area contributed by atoms with Crippen molar-refractivity contribution in [1.82, 2.24) is 0 Å². The predicted molar refractivity (Wildman–Crippen MR) is 65.2 cm³/mol. The molecule has 0 fully saturated rings. The Bertz CT molecular complexity index is 406. The Morgan fingerprint density at radius 2 is 2.12 bits per heavy atom. The molecule has 1 aromatic carbocycles. The molecule has 0 radical (unpaired) electrons. The highest BCUT2D eigenvalue weighted by Gasteiger charge is 2.09. The summed E-state index contributed by atoms with van der Waals surface area (Å²) in [6, 6.07) is 7.27. The van der Waals surface area contributed by atoms with E-state index in [0.29, 0.717) is 0 Å². The lowest BCUT2D eigenvalue weighted by Crippen LogP contribution is -2.15. The van der Waals surface area contributed by atoms with Gasteiger partial charge in [0.2, 0.25) is 0 Å². The molecule has 17 heavy (non-hydrogen) atoms. The van der Waals surface area contributed by atoms with Gasteiger partial charge < -0.3 is 9.84 Å². The molecule has 90 valence electrons. The first-order chi connectivity index (χ1) is 8.24. The molecule has 1 N–H and O–H groups in total. The van der Waals surface area contributed by atoms with Gasteiger partial charge >= 0.3 is 5.97 Å². The van der Waals surface area contributed by atoms with E-state index in [-0.39, 0.29) is 12.5 Å². The van der Waals surface area contributed by atoms with E-state index in [1.54, 1.807) is 12.1 Å². The number of hydrogen-bond donors (Lipinski definition) is 1. The smallest absolute Gasteiger partial charge is 0.307 e. The van der Waals surface area contributed by atoms with Crippen LogP contribution in [0.1, 0.15) is 24.8 Å². The van der Waals surface area contributed by atoms with Gasteiger partial charge in [0.05, 0.1) is 6.42 Å². The number of benzene rings is 1. The third-order valence-electron chi connectivity index (χ3n) is 2.78. The number of carboxylic acids is 1. The fourth-order valence-electron chi connectivity index (χ4n) is 1.91. The molecular weight excluding hydrogens is 216 g/mol. The number of carboxylic acid groups (broad SMARTS) is 1. The fraction of sp³-hybridized carbons (Fsp3) is 0.357. The van der Waals surface area contributed by atoms with E-state index >= 15 is 0 Å². The highest BCUT2D eigenvalue weighted by Crippen LogP contribution is 2.19. The molecule has 1 aromatic rings. The second-order valence-corrected chi connectivity index (χ2v) is 4.23. The molecule has 0 amide bonds. The van der Waals surface area contributed by atoms with E-state index in [1.165, 1.54) is 0 Å². The zero-order valence-corrected chi connectivity index (χ0v) is 9.63. The first-order valence-electron chi connectivity index (χ1n) is 5.88. The average Bonchev–Trinajstić information content (AvgIpc) is 2.32. The van der Waals surface area contributed by atoms with E-state index in [2.05, 4.69) is 12.2 Å². The second-order valence-electron chi connectivity index (χ2n) is 4.23. The van der Waals surface area contributed by atoms with Gasteiger partial charge in [-0.05, 0) is 43.0 Å². The van der Waals surface area contributed by atoms with Crippen molar-refractivity contribution in [2.24, 2.45) is 0 Å². The summed E-state index contributed by atoms with van der Waals surface area (Å²) in [6.07, 6.45) is 7.81. The number of rotatable bonds is 4. The molecule has 0 bridgehead atoms. The minimum atomic E-state index is -0.811. The SMILES string of the molecule is O=C(O)Cc1ccc(OC2C=CCCC2)cc1. The van der Waals surface area contributed by atoms with Crippen molar-refractivity contribution in [3.8, 4) is 5.75 Å². The number of carbonyl (C=O) groups is 1. The molecule has 1 unspecified atom stereocenters. The first-order valence-corrected chi connectivity index (χ1v) is 5.88. The highest BCUT2D eigenvalue weighted by molar-refractivity contribution is 5.70. The zero-order chi connectivity index (χ0) is 12.1. The minimum absolute atomic E-state index is 0.0591. The van der Waals surface area contributed by atoms with Gasteiger partial charge in [-0.25, -0.2) is 0 Å². The van der Waals surface area contributed by atoms with Gasteiger partial charge in [0.15, 0.2) is 0 Å². The van der Waals surface area contributed by atoms with Crippen LogP contribution in [-0.4, -0.2) is 17.2 Å². The summed E-state index contributed by atoms with van der Waals surface area (Å²) < 4.78 is 5.78. The van der Waals surface area contributed by atoms with Crippen molar-refractivity contribution < 1.29 is 14.6 Å². The summed E-state index contributed by atoms with van der Waals surface area (Å²) in [4.78, 5) is 10.5. The second kappa shape index (κ2) is 5.53. The summed E-state index contributed by atoms with van der Waals surface area (Å²) in [5, 5.41) is 8.66. The van der Waals surface area contributed by atoms with Crippen LogP contribution in [0, 0.1) is 0 Å². The highest BCUT2D eigenvalue weighted by atomic mass is 16.5. The van der Waals surface area contributed by atoms with Crippen molar-refractivity contribution >= 4 is 5.97 Å². The number of aliphatic carboxylic acids is 1. The van der Waals surface area contributed by atoms with Gasteiger partial charge in [-0.2, -0.15) is 0 Å². The van der Waals surface area contributed by atoms with Crippen molar-refractivity contribution in [3.05, 3.63) is 42.0 Å². The Kier molecular flexibility index (Phi) is 3.81. The standard InChI is InChI=1S/C14H16O3/c15-14(16)10-11-6-8-13(9-7-11)17-12-4-2-1-3-5-12/h2,4,6-9,12H,1,3,5,10H2,(H,15,16). The molecule has 0 heterocycles. The molecule has 0 aliphatic heterocycles. The third kappa shape index (κ3) is 3.63. The van der Waals surface area contributed by atoms with Gasteiger partial charge in [0, 0.05) is 0 Å². The molecule has 0 saturated carbocycles. The Balaban J connectivity index is 1.95. The van der Waals surface area contributed by atoms with Crippen LogP contribution in [0.3, 0.4) is 0 Å². The van der Waals surface area contributed by atoms with Crippen LogP contribution in [0.5, 0.6) is 5.75 Å². The lowest BCUT2D eigenvalue weighted by Gasteiger charge is -2.18. The topological polar surface area (TPSA) is 46.5 Å². The van der Waals surface area contributed by atoms with Gasteiger partial charge in [0.25, 0.3) is 0 Å². The van der Waals surface area contributed by atoms with Crippen LogP contribution in [0.15, 0.2) is 36.4 Å². The van der Waals surface area contributed by atoms with E-state index in [4.69, 9.17) is 9.84 Å². The Morgan fingerprint density at radius 1 is 1.35 bits per heavy atom. The molecule has 2 rings (SSSR count). The maximum atomic E-state index is 10.5. The molecule has 0 aromatic heterocycles. The van der Waals surface area contributed by atoms with Crippen LogP contribution in [0.25, 0.3) is 0 Å². The predicted octanol–water partition coefficient (Wildman–Crippen LogP) is 2.80. The van der Waals surface area contributed by atoms with Gasteiger partial charge in [-0.15, -0.1) is 0 Å². The number of ether oxygens (including phenoxy) is 1. The molecule has 0 saturated heterocycles. The number of hydrogen-bond acceptors (Lipinski definition) is 2. The quantitative estimate of drug-likeness (QED) is 0.812. The van der Waals surface area contributed by atoms with Crippen LogP contribution in [-0.2, 0) is 11.2 Å². The fourth-order valence-corrected chi connectivity index (χ4v) is 1.91. The molecule has 1 aliphatic carbocycles. The monoisotopic (exact) mass is 232 g/mol. The van der Waals surface area contributed by atoms with E-state index < -0.39 is 5.97 Å². The maximum Gasteiger partial charge on any atom is 0.307 e. The molecule has 3 nitrogen and oxygen atoms in total. The van der Waals surface area contributed by atoms with E-state index in [9.17, 15) is 4.79 Å². The Morgan fingerprint density at radius 3 is 2.71 bits per heavy atom. The van der Waals surface area contributed by atoms with E-state index in [1.807, 2.05) is 12.1 Å². The van der Waals surface area contributed by atoms with Gasteiger partial charge in [0.1, 0.15) is 11.9 Å². The summed E-state index contributed by atoms with van der Waals surface area (Å²) in [6.45, 7) is 0. The Hall–Kier alpha value is -1.77. The Labute approximate surface area is 101 Å². The van der Waals surface area contributed by atoms with Crippen LogP contribution in [0.2, 0.25) is 0 Å². The zero-order valence-electron chi connectivity index (χ0n) is 9.63. The largest absolute Gasteiger partial charge is 0.486 e. The molecule has 0 spiro atoms. The van der Waals surface area contributed by atoms with Gasteiger partial charge in [-0.1, -0.05) is 18.2 Å². The molecule has 1 atom stereocenters. The maximum absolute atomic E-state index is 10.5. The van der Waals surface area contributed by atoms with E-state index in [0.717, 1.165) is 30.6 Å². The summed E-state index contributed by atoms with van der Waals surface area (Å²) in [7, 11) is 0. The van der Waals surface area contributed by atoms with Crippen molar-refractivity contribution in [2.75, 3.05) is 0 Å². The van der Waals surface area contributed by atoms with Crippen molar-refractivity contribution in [1.29, 1.82) is 0 Å². The normalized spacial score (nSPS) is 18.9. The summed E-state index contributed by atoms with van der Waals surface area (Å²) in [5.41, 5.74) is 0.795. The van der Waals surface area contributed by atoms with Gasteiger partial charge in [-0.3, -0.25) is 4.79 Å². The van der Waals surface area contributed by atoms with Crippen LogP contribution >= 0.6 is 0 Å².